The van der Waals surface area contributed by atoms with Gasteiger partial charge in [0, 0.05) is 5.56 Å². The molecule has 0 spiro atoms. The average molecular weight is 436 g/mol. The van der Waals surface area contributed by atoms with Crippen LogP contribution < -0.4 is 14.0 Å². The molecule has 6 nitrogen and oxygen atoms in total. The second-order valence-corrected chi connectivity index (χ2v) is 9.42. The van der Waals surface area contributed by atoms with Crippen LogP contribution >= 0.6 is 7.82 Å². The lowest BCUT2D eigenvalue weighted by Crippen LogP contribution is -2.11. The van der Waals surface area contributed by atoms with E-state index in [0.717, 1.165) is 16.7 Å². The molecule has 0 saturated heterocycles. The fourth-order valence-corrected chi connectivity index (χ4v) is 4.32. The van der Waals surface area contributed by atoms with Crippen LogP contribution in [-0.2, 0) is 19.0 Å². The van der Waals surface area contributed by atoms with Crippen molar-refractivity contribution in [2.45, 2.75) is 47.0 Å². The minimum atomic E-state index is -3.85. The molecule has 0 N–H and O–H groups in total. The van der Waals surface area contributed by atoms with Gasteiger partial charge in [-0.05, 0) is 55.0 Å². The highest BCUT2D eigenvalue weighted by molar-refractivity contribution is 7.48. The fraction of sp³-hybridized carbons (Fsp3) is 0.478. The van der Waals surface area contributed by atoms with Gasteiger partial charge in [-0.15, -0.1) is 0 Å². The van der Waals surface area contributed by atoms with Gasteiger partial charge in [0.1, 0.15) is 0 Å². The zero-order chi connectivity index (χ0) is 22.5. The Morgan fingerprint density at radius 2 is 1.50 bits per heavy atom. The van der Waals surface area contributed by atoms with E-state index in [1.165, 1.54) is 19.8 Å². The van der Waals surface area contributed by atoms with Crippen LogP contribution in [0, 0.1) is 6.92 Å². The molecule has 0 aliphatic rings. The first-order chi connectivity index (χ1) is 14.1. The Hall–Kier alpha value is -2.01. The molecule has 166 valence electrons. The largest absolute Gasteiger partial charge is 0.530 e. The minimum absolute atomic E-state index is 0.0358. The number of phosphoric acid groups is 1. The third-order valence-electron chi connectivity index (χ3n) is 4.67. The van der Waals surface area contributed by atoms with Gasteiger partial charge in [-0.2, -0.15) is 0 Å². The van der Waals surface area contributed by atoms with E-state index in [-0.39, 0.29) is 24.4 Å². The summed E-state index contributed by atoms with van der Waals surface area (Å²) < 4.78 is 40.8. The predicted octanol–water partition coefficient (Wildman–Crippen LogP) is 6.54. The molecule has 2 aromatic carbocycles. The average Bonchev–Trinajstić information content (AvgIpc) is 2.67. The number of methoxy groups -OCH3 is 2. The van der Waals surface area contributed by atoms with Crippen LogP contribution in [0.3, 0.4) is 0 Å². The molecule has 0 radical (unpaired) electrons. The zero-order valence-corrected chi connectivity index (χ0v) is 20.1. The van der Waals surface area contributed by atoms with E-state index in [2.05, 4.69) is 39.0 Å². The summed E-state index contributed by atoms with van der Waals surface area (Å²) in [6.45, 7) is 12.3. The van der Waals surface area contributed by atoms with Crippen molar-refractivity contribution in [2.24, 2.45) is 0 Å². The first kappa shape index (κ1) is 24.3. The Morgan fingerprint density at radius 1 is 0.867 bits per heavy atom. The van der Waals surface area contributed by atoms with Crippen LogP contribution in [0.1, 0.15) is 45.7 Å². The quantitative estimate of drug-likeness (QED) is 0.416. The number of rotatable bonds is 9. The van der Waals surface area contributed by atoms with E-state index in [1.54, 1.807) is 19.9 Å². The third kappa shape index (κ3) is 5.37. The third-order valence-corrected chi connectivity index (χ3v) is 6.23. The molecule has 7 heteroatoms. The van der Waals surface area contributed by atoms with Crippen molar-refractivity contribution < 1.29 is 27.6 Å². The van der Waals surface area contributed by atoms with Crippen LogP contribution in [0.5, 0.6) is 17.2 Å². The molecule has 2 aromatic rings. The van der Waals surface area contributed by atoms with E-state index in [1.807, 2.05) is 13.0 Å². The number of phosphoric ester groups is 1. The lowest BCUT2D eigenvalue weighted by Gasteiger charge is -2.24. The van der Waals surface area contributed by atoms with Gasteiger partial charge in [0.05, 0.1) is 27.4 Å². The second kappa shape index (κ2) is 9.86. The Balaban J connectivity index is 2.77. The Kier molecular flexibility index (Phi) is 7.98. The minimum Gasteiger partial charge on any atom is -0.493 e. The molecule has 0 fully saturated rings. The van der Waals surface area contributed by atoms with Gasteiger partial charge in [0.15, 0.2) is 11.5 Å². The van der Waals surface area contributed by atoms with Crippen molar-refractivity contribution >= 4 is 7.82 Å². The van der Waals surface area contributed by atoms with Gasteiger partial charge in [-0.1, -0.05) is 39.0 Å². The molecule has 0 atom stereocenters. The van der Waals surface area contributed by atoms with Crippen molar-refractivity contribution in [3.8, 4) is 28.4 Å². The molecule has 0 aromatic heterocycles. The van der Waals surface area contributed by atoms with E-state index >= 15 is 0 Å². The van der Waals surface area contributed by atoms with Gasteiger partial charge in [0.25, 0.3) is 0 Å². The molecule has 0 heterocycles. The Labute approximate surface area is 180 Å². The summed E-state index contributed by atoms with van der Waals surface area (Å²) in [6, 6.07) is 9.98. The predicted molar refractivity (Wildman–Crippen MR) is 120 cm³/mol. The molecular weight excluding hydrogens is 403 g/mol. The lowest BCUT2D eigenvalue weighted by molar-refractivity contribution is 0.166. The Bertz CT molecular complexity index is 907. The van der Waals surface area contributed by atoms with Crippen LogP contribution in [0.15, 0.2) is 30.3 Å². The van der Waals surface area contributed by atoms with Gasteiger partial charge in [0.2, 0.25) is 5.75 Å². The van der Waals surface area contributed by atoms with Gasteiger partial charge >= 0.3 is 7.82 Å². The van der Waals surface area contributed by atoms with Crippen molar-refractivity contribution in [1.82, 2.24) is 0 Å². The van der Waals surface area contributed by atoms with E-state index in [9.17, 15) is 4.57 Å². The van der Waals surface area contributed by atoms with Crippen LogP contribution in [0.25, 0.3) is 11.1 Å². The highest BCUT2D eigenvalue weighted by Gasteiger charge is 2.32. The summed E-state index contributed by atoms with van der Waals surface area (Å²) in [4.78, 5) is 0. The summed E-state index contributed by atoms with van der Waals surface area (Å²) in [5.74, 6) is 1.05. The molecule has 0 amide bonds. The summed E-state index contributed by atoms with van der Waals surface area (Å²) >= 11 is 0. The molecule has 0 saturated carbocycles. The summed E-state index contributed by atoms with van der Waals surface area (Å²) in [7, 11) is -0.802. The van der Waals surface area contributed by atoms with Crippen molar-refractivity contribution in [3.05, 3.63) is 41.5 Å². The summed E-state index contributed by atoms with van der Waals surface area (Å²) in [5, 5.41) is 0. The monoisotopic (exact) mass is 436 g/mol. The molecule has 0 bridgehead atoms. The van der Waals surface area contributed by atoms with Crippen molar-refractivity contribution in [2.75, 3.05) is 27.4 Å². The molecule has 30 heavy (non-hydrogen) atoms. The number of aryl methyl sites for hydroxylation is 1. The normalized spacial score (nSPS) is 12.0. The SMILES string of the molecule is CCOP(=O)(OCC)Oc1c(-c2cc(C(C)(C)C)ccc2C)ccc(OC)c1OC. The van der Waals surface area contributed by atoms with E-state index in [0.29, 0.717) is 11.5 Å². The maximum Gasteiger partial charge on any atom is 0.530 e. The second-order valence-electron chi connectivity index (χ2n) is 7.83. The number of hydrogen-bond acceptors (Lipinski definition) is 6. The van der Waals surface area contributed by atoms with Gasteiger partial charge in [-0.3, -0.25) is 9.05 Å². The van der Waals surface area contributed by atoms with Crippen LogP contribution in [0.2, 0.25) is 0 Å². The van der Waals surface area contributed by atoms with E-state index < -0.39 is 7.82 Å². The number of benzene rings is 2. The fourth-order valence-electron chi connectivity index (χ4n) is 3.10. The highest BCUT2D eigenvalue weighted by atomic mass is 31.2. The molecule has 0 aliphatic carbocycles. The Morgan fingerprint density at radius 3 is 2.00 bits per heavy atom. The van der Waals surface area contributed by atoms with Gasteiger partial charge in [-0.25, -0.2) is 4.57 Å². The maximum atomic E-state index is 13.2. The topological polar surface area (TPSA) is 63.2 Å². The van der Waals surface area contributed by atoms with Crippen LogP contribution in [0.4, 0.5) is 0 Å². The molecule has 0 unspecified atom stereocenters. The summed E-state index contributed by atoms with van der Waals surface area (Å²) in [5.41, 5.74) is 3.84. The highest BCUT2D eigenvalue weighted by Crippen LogP contribution is 2.56. The van der Waals surface area contributed by atoms with Crippen molar-refractivity contribution in [1.29, 1.82) is 0 Å². The summed E-state index contributed by atoms with van der Waals surface area (Å²) in [6.07, 6.45) is 0. The van der Waals surface area contributed by atoms with Gasteiger partial charge < -0.3 is 14.0 Å². The van der Waals surface area contributed by atoms with Crippen LogP contribution in [-0.4, -0.2) is 27.4 Å². The first-order valence-corrected chi connectivity index (χ1v) is 11.5. The standard InChI is InChI=1S/C23H33O6P/c1-9-27-30(24,28-10-2)29-21-18(13-14-20(25-7)22(21)26-8)19-15-17(23(4,5)6)12-11-16(19)3/h11-15H,9-10H2,1-8H3. The molecule has 2 rings (SSSR count). The smallest absolute Gasteiger partial charge is 0.493 e. The molecular formula is C23H33O6P. The molecule has 0 aliphatic heterocycles. The van der Waals surface area contributed by atoms with E-state index in [4.69, 9.17) is 23.0 Å². The zero-order valence-electron chi connectivity index (χ0n) is 19.2. The lowest BCUT2D eigenvalue weighted by atomic mass is 9.84. The maximum absolute atomic E-state index is 13.2. The first-order valence-electron chi connectivity index (χ1n) is 10.0. The number of hydrogen-bond donors (Lipinski definition) is 0. The van der Waals surface area contributed by atoms with Crippen molar-refractivity contribution in [3.63, 3.8) is 0 Å². The number of ether oxygens (including phenoxy) is 2.